The van der Waals surface area contributed by atoms with Gasteiger partial charge >= 0.3 is 0 Å². The molecule has 0 spiro atoms. The maximum absolute atomic E-state index is 11.7. The molecule has 1 amide bonds. The highest BCUT2D eigenvalue weighted by Crippen LogP contribution is 2.01. The van der Waals surface area contributed by atoms with Crippen LogP contribution < -0.4 is 5.73 Å². The highest BCUT2D eigenvalue weighted by Gasteiger charge is 2.16. The Kier molecular flexibility index (Phi) is 3.76. The molecule has 7 nitrogen and oxygen atoms in total. The van der Waals surface area contributed by atoms with E-state index in [1.807, 2.05) is 0 Å². The minimum Gasteiger partial charge on any atom is -0.382 e. The molecule has 7 heteroatoms. The smallest absolute Gasteiger partial charge is 0.275 e. The highest BCUT2D eigenvalue weighted by atomic mass is 16.2. The molecular weight excluding hydrogens is 208 g/mol. The molecule has 0 aliphatic rings. The quantitative estimate of drug-likeness (QED) is 0.683. The van der Waals surface area contributed by atoms with Crippen molar-refractivity contribution in [3.05, 3.63) is 18.1 Å². The Morgan fingerprint density at radius 3 is 2.38 bits per heavy atom. The zero-order valence-corrected chi connectivity index (χ0v) is 8.29. The van der Waals surface area contributed by atoms with E-state index in [0.717, 1.165) is 4.90 Å². The number of nitrogens with two attached hydrogens (primary N) is 1. The number of carbonyl (C=O) groups excluding carboxylic acids is 1. The first-order valence-corrected chi connectivity index (χ1v) is 4.29. The van der Waals surface area contributed by atoms with E-state index in [-0.39, 0.29) is 24.6 Å². The van der Waals surface area contributed by atoms with Gasteiger partial charge in [0.05, 0.1) is 24.5 Å². The van der Waals surface area contributed by atoms with Crippen molar-refractivity contribution in [3.63, 3.8) is 0 Å². The summed E-state index contributed by atoms with van der Waals surface area (Å²) in [5, 5.41) is 17.0. The Bertz CT molecular complexity index is 438. The lowest BCUT2D eigenvalue weighted by Gasteiger charge is -2.14. The number of carbonyl (C=O) groups is 1. The van der Waals surface area contributed by atoms with Crippen molar-refractivity contribution in [2.45, 2.75) is 0 Å². The molecule has 1 heterocycles. The molecule has 0 aliphatic heterocycles. The summed E-state index contributed by atoms with van der Waals surface area (Å²) in [5.41, 5.74) is 5.37. The van der Waals surface area contributed by atoms with E-state index >= 15 is 0 Å². The number of hydrogen-bond donors (Lipinski definition) is 1. The molecule has 0 fully saturated rings. The summed E-state index contributed by atoms with van der Waals surface area (Å²) in [6.07, 6.45) is 2.45. The molecule has 1 aromatic rings. The fourth-order valence-corrected chi connectivity index (χ4v) is 0.981. The third-order valence-corrected chi connectivity index (χ3v) is 1.70. The van der Waals surface area contributed by atoms with E-state index in [1.54, 1.807) is 12.1 Å². The van der Waals surface area contributed by atoms with Crippen molar-refractivity contribution in [3.8, 4) is 12.1 Å². The van der Waals surface area contributed by atoms with Crippen LogP contribution in [0.3, 0.4) is 0 Å². The maximum Gasteiger partial charge on any atom is 0.275 e. The Morgan fingerprint density at radius 2 is 1.94 bits per heavy atom. The number of rotatable bonds is 3. The van der Waals surface area contributed by atoms with Gasteiger partial charge in [-0.2, -0.15) is 10.5 Å². The minimum atomic E-state index is -0.518. The SMILES string of the molecule is N#CCN(CC#N)C(=O)c1cnc(N)cn1. The molecule has 0 unspecified atom stereocenters. The van der Waals surface area contributed by atoms with E-state index < -0.39 is 5.91 Å². The second-order valence-corrected chi connectivity index (χ2v) is 2.80. The van der Waals surface area contributed by atoms with Crippen molar-refractivity contribution < 1.29 is 4.79 Å². The minimum absolute atomic E-state index is 0.0553. The summed E-state index contributed by atoms with van der Waals surface area (Å²) in [4.78, 5) is 20.3. The van der Waals surface area contributed by atoms with Gasteiger partial charge < -0.3 is 10.6 Å². The lowest BCUT2D eigenvalue weighted by molar-refractivity contribution is 0.0788. The van der Waals surface area contributed by atoms with Crippen LogP contribution in [0, 0.1) is 22.7 Å². The third-order valence-electron chi connectivity index (χ3n) is 1.70. The number of aromatic nitrogens is 2. The van der Waals surface area contributed by atoms with Crippen LogP contribution in [0.2, 0.25) is 0 Å². The normalized spacial score (nSPS) is 8.88. The van der Waals surface area contributed by atoms with Crippen LogP contribution in [0.1, 0.15) is 10.5 Å². The molecule has 0 saturated heterocycles. The average Bonchev–Trinajstić information content (AvgIpc) is 2.29. The molecule has 1 rings (SSSR count). The third kappa shape index (κ3) is 2.66. The lowest BCUT2D eigenvalue weighted by atomic mass is 10.3. The van der Waals surface area contributed by atoms with Gasteiger partial charge in [0, 0.05) is 0 Å². The molecule has 0 radical (unpaired) electrons. The van der Waals surface area contributed by atoms with Crippen molar-refractivity contribution in [1.82, 2.24) is 14.9 Å². The van der Waals surface area contributed by atoms with Crippen LogP contribution in [0.15, 0.2) is 12.4 Å². The first kappa shape index (κ1) is 11.4. The molecule has 0 saturated carbocycles. The summed E-state index contributed by atoms with van der Waals surface area (Å²) in [5.74, 6) is -0.320. The summed E-state index contributed by atoms with van der Waals surface area (Å²) in [6.45, 7) is -0.336. The van der Waals surface area contributed by atoms with E-state index in [2.05, 4.69) is 9.97 Å². The lowest BCUT2D eigenvalue weighted by Crippen LogP contribution is -2.32. The van der Waals surface area contributed by atoms with Gasteiger partial charge in [-0.25, -0.2) is 9.97 Å². The fourth-order valence-electron chi connectivity index (χ4n) is 0.981. The monoisotopic (exact) mass is 216 g/mol. The van der Waals surface area contributed by atoms with Gasteiger partial charge in [-0.05, 0) is 0 Å². The van der Waals surface area contributed by atoms with E-state index in [1.165, 1.54) is 12.4 Å². The molecule has 16 heavy (non-hydrogen) atoms. The second-order valence-electron chi connectivity index (χ2n) is 2.80. The predicted molar refractivity (Wildman–Crippen MR) is 53.6 cm³/mol. The van der Waals surface area contributed by atoms with Gasteiger partial charge in [0.25, 0.3) is 5.91 Å². The van der Waals surface area contributed by atoms with Crippen molar-refractivity contribution in [2.24, 2.45) is 0 Å². The van der Waals surface area contributed by atoms with Gasteiger partial charge in [0.1, 0.15) is 24.6 Å². The first-order valence-electron chi connectivity index (χ1n) is 4.29. The molecule has 0 atom stereocenters. The van der Waals surface area contributed by atoms with Crippen molar-refractivity contribution in [2.75, 3.05) is 18.8 Å². The van der Waals surface area contributed by atoms with Crippen LogP contribution in [0.4, 0.5) is 5.82 Å². The Labute approximate surface area is 91.7 Å². The number of amides is 1. The summed E-state index contributed by atoms with van der Waals surface area (Å²) in [6, 6.07) is 3.59. The second kappa shape index (κ2) is 5.27. The molecule has 1 aromatic heterocycles. The largest absolute Gasteiger partial charge is 0.382 e. The van der Waals surface area contributed by atoms with Gasteiger partial charge in [-0.3, -0.25) is 4.79 Å². The van der Waals surface area contributed by atoms with Gasteiger partial charge in [-0.1, -0.05) is 0 Å². The molecule has 0 aromatic carbocycles. The topological polar surface area (TPSA) is 120 Å². The Balaban J connectivity index is 2.87. The number of nitrogens with zero attached hydrogens (tertiary/aromatic N) is 5. The van der Waals surface area contributed by atoms with Crippen molar-refractivity contribution in [1.29, 1.82) is 10.5 Å². The number of anilines is 1. The van der Waals surface area contributed by atoms with Crippen LogP contribution >= 0.6 is 0 Å². The van der Waals surface area contributed by atoms with Crippen LogP contribution in [-0.4, -0.2) is 33.9 Å². The zero-order valence-electron chi connectivity index (χ0n) is 8.29. The van der Waals surface area contributed by atoms with Gasteiger partial charge in [0.2, 0.25) is 0 Å². The Hall–Kier alpha value is -2.67. The molecule has 80 valence electrons. The van der Waals surface area contributed by atoms with Crippen LogP contribution in [0.25, 0.3) is 0 Å². The summed E-state index contributed by atoms with van der Waals surface area (Å²) < 4.78 is 0. The molecular formula is C9H8N6O. The van der Waals surface area contributed by atoms with E-state index in [0.29, 0.717) is 0 Å². The zero-order chi connectivity index (χ0) is 12.0. The van der Waals surface area contributed by atoms with Gasteiger partial charge in [0.15, 0.2) is 0 Å². The fraction of sp³-hybridized carbons (Fsp3) is 0.222. The van der Waals surface area contributed by atoms with E-state index in [4.69, 9.17) is 16.3 Å². The van der Waals surface area contributed by atoms with Gasteiger partial charge in [-0.15, -0.1) is 0 Å². The highest BCUT2D eigenvalue weighted by molar-refractivity contribution is 5.92. The molecule has 0 aliphatic carbocycles. The van der Waals surface area contributed by atoms with Crippen LogP contribution in [0.5, 0.6) is 0 Å². The summed E-state index contributed by atoms with van der Waals surface area (Å²) in [7, 11) is 0. The van der Waals surface area contributed by atoms with Crippen LogP contribution in [-0.2, 0) is 0 Å². The van der Waals surface area contributed by atoms with E-state index in [9.17, 15) is 4.79 Å². The number of hydrogen-bond acceptors (Lipinski definition) is 6. The number of nitrogen functional groups attached to an aromatic ring is 1. The van der Waals surface area contributed by atoms with Crippen molar-refractivity contribution >= 4 is 11.7 Å². The molecule has 0 bridgehead atoms. The Morgan fingerprint density at radius 1 is 1.31 bits per heavy atom. The average molecular weight is 216 g/mol. The first-order chi connectivity index (χ1) is 7.69. The maximum atomic E-state index is 11.7. The number of nitriles is 2. The molecule has 2 N–H and O–H groups in total. The standard InChI is InChI=1S/C9H8N6O/c10-1-3-15(4-2-11)9(16)7-5-14-8(12)6-13-7/h5-6H,3-4H2,(H2,12,14). The summed E-state index contributed by atoms with van der Waals surface area (Å²) >= 11 is 0. The predicted octanol–water partition coefficient (Wildman–Crippen LogP) is -0.452.